The van der Waals surface area contributed by atoms with Crippen LogP contribution in [0.3, 0.4) is 0 Å². The molecule has 2 unspecified atom stereocenters. The van der Waals surface area contributed by atoms with Crippen molar-refractivity contribution in [2.24, 2.45) is 0 Å². The van der Waals surface area contributed by atoms with Crippen LogP contribution in [0.15, 0.2) is 36.4 Å². The van der Waals surface area contributed by atoms with Gasteiger partial charge in [-0.3, -0.25) is 4.79 Å². The lowest BCUT2D eigenvalue weighted by Crippen LogP contribution is -2.23. The summed E-state index contributed by atoms with van der Waals surface area (Å²) >= 11 is 0. The van der Waals surface area contributed by atoms with Gasteiger partial charge in [-0.1, -0.05) is 6.07 Å². The molecule has 2 aromatic rings. The number of amides is 1. The van der Waals surface area contributed by atoms with Gasteiger partial charge in [0.25, 0.3) is 5.91 Å². The van der Waals surface area contributed by atoms with Gasteiger partial charge in [0.05, 0.1) is 31.4 Å². The van der Waals surface area contributed by atoms with E-state index in [1.165, 1.54) is 0 Å². The van der Waals surface area contributed by atoms with Gasteiger partial charge in [-0.05, 0) is 42.7 Å². The summed E-state index contributed by atoms with van der Waals surface area (Å²) in [6.07, 6.45) is 1.73. The molecule has 6 heteroatoms. The van der Waals surface area contributed by atoms with Crippen molar-refractivity contribution in [2.45, 2.75) is 38.0 Å². The molecule has 0 spiro atoms. The zero-order valence-electron chi connectivity index (χ0n) is 15.0. The van der Waals surface area contributed by atoms with Crippen molar-refractivity contribution >= 4 is 11.6 Å². The summed E-state index contributed by atoms with van der Waals surface area (Å²) in [6.45, 7) is 0.452. The summed E-state index contributed by atoms with van der Waals surface area (Å²) in [5, 5.41) is 18.8. The number of benzene rings is 2. The van der Waals surface area contributed by atoms with E-state index in [9.17, 15) is 9.90 Å². The maximum atomic E-state index is 12.8. The molecule has 27 heavy (non-hydrogen) atoms. The molecule has 0 aromatic heterocycles. The molecule has 1 saturated carbocycles. The minimum Gasteiger partial charge on any atom is -0.493 e. The maximum Gasteiger partial charge on any atom is 0.258 e. The van der Waals surface area contributed by atoms with E-state index in [-0.39, 0.29) is 18.1 Å². The number of nitrogens with zero attached hydrogens (tertiary/aromatic N) is 2. The number of hydrogen-bond donors (Lipinski definition) is 1. The molecular formula is C21H20N2O4. The van der Waals surface area contributed by atoms with Crippen LogP contribution in [-0.4, -0.2) is 30.3 Å². The summed E-state index contributed by atoms with van der Waals surface area (Å²) in [5.41, 5.74) is 2.65. The fourth-order valence-corrected chi connectivity index (χ4v) is 3.71. The molecule has 1 aliphatic carbocycles. The predicted molar refractivity (Wildman–Crippen MR) is 98.9 cm³/mol. The summed E-state index contributed by atoms with van der Waals surface area (Å²) < 4.78 is 11.4. The normalized spacial score (nSPS) is 21.1. The van der Waals surface area contributed by atoms with Gasteiger partial charge in [-0.15, -0.1) is 0 Å². The average molecular weight is 364 g/mol. The number of nitriles is 1. The standard InChI is InChI=1S/C21H20N2O4/c1-26-19-7-4-15(9-20(19)27-17-6-5-16(24)10-17)23-12-14-3-2-13(11-22)8-18(14)21(23)25/h2-4,7-9,16-17,24H,5-6,10,12H2,1H3. The Hall–Kier alpha value is -3.04. The smallest absolute Gasteiger partial charge is 0.258 e. The Morgan fingerprint density at radius 1 is 1.19 bits per heavy atom. The van der Waals surface area contributed by atoms with E-state index in [0.29, 0.717) is 41.3 Å². The quantitative estimate of drug-likeness (QED) is 0.902. The Labute approximate surface area is 157 Å². The van der Waals surface area contributed by atoms with Crippen LogP contribution in [0, 0.1) is 11.3 Å². The van der Waals surface area contributed by atoms with Crippen LogP contribution in [0.25, 0.3) is 0 Å². The number of aliphatic hydroxyl groups is 1. The molecule has 4 rings (SSSR count). The lowest BCUT2D eigenvalue weighted by atomic mass is 10.1. The number of hydrogen-bond acceptors (Lipinski definition) is 5. The number of ether oxygens (including phenoxy) is 2. The van der Waals surface area contributed by atoms with E-state index in [1.807, 2.05) is 12.1 Å². The van der Waals surface area contributed by atoms with Crippen LogP contribution < -0.4 is 14.4 Å². The monoisotopic (exact) mass is 364 g/mol. The Kier molecular flexibility index (Phi) is 4.46. The Bertz CT molecular complexity index is 934. The molecule has 0 saturated heterocycles. The number of carbonyl (C=O) groups is 1. The van der Waals surface area contributed by atoms with Crippen LogP contribution in [0.4, 0.5) is 5.69 Å². The SMILES string of the molecule is COc1ccc(N2Cc3ccc(C#N)cc3C2=O)cc1OC1CCC(O)C1. The first kappa shape index (κ1) is 17.4. The van der Waals surface area contributed by atoms with E-state index in [4.69, 9.17) is 14.7 Å². The van der Waals surface area contributed by atoms with Crippen molar-refractivity contribution in [3.05, 3.63) is 53.1 Å². The largest absolute Gasteiger partial charge is 0.493 e. The van der Waals surface area contributed by atoms with Crippen LogP contribution in [0.5, 0.6) is 11.5 Å². The second kappa shape index (κ2) is 6.93. The molecule has 6 nitrogen and oxygen atoms in total. The number of rotatable bonds is 4. The van der Waals surface area contributed by atoms with Gasteiger partial charge < -0.3 is 19.5 Å². The van der Waals surface area contributed by atoms with Gasteiger partial charge in [0.1, 0.15) is 6.10 Å². The van der Waals surface area contributed by atoms with Crippen molar-refractivity contribution in [3.8, 4) is 17.6 Å². The molecule has 1 heterocycles. The van der Waals surface area contributed by atoms with E-state index in [1.54, 1.807) is 36.3 Å². The molecule has 1 fully saturated rings. The van der Waals surface area contributed by atoms with E-state index >= 15 is 0 Å². The van der Waals surface area contributed by atoms with Crippen LogP contribution in [0.2, 0.25) is 0 Å². The first-order chi connectivity index (χ1) is 13.1. The third-order valence-electron chi connectivity index (χ3n) is 5.15. The van der Waals surface area contributed by atoms with Gasteiger partial charge >= 0.3 is 0 Å². The molecule has 138 valence electrons. The third kappa shape index (κ3) is 3.22. The molecule has 1 amide bonds. The first-order valence-corrected chi connectivity index (χ1v) is 8.96. The molecule has 1 N–H and O–H groups in total. The lowest BCUT2D eigenvalue weighted by molar-refractivity contribution is 0.0996. The van der Waals surface area contributed by atoms with Crippen molar-refractivity contribution < 1.29 is 19.4 Å². The molecular weight excluding hydrogens is 344 g/mol. The van der Waals surface area contributed by atoms with E-state index < -0.39 is 0 Å². The average Bonchev–Trinajstić information content (AvgIpc) is 3.24. The minimum atomic E-state index is -0.326. The third-order valence-corrected chi connectivity index (χ3v) is 5.15. The van der Waals surface area contributed by atoms with Crippen LogP contribution in [0.1, 0.15) is 40.7 Å². The molecule has 2 aromatic carbocycles. The fourth-order valence-electron chi connectivity index (χ4n) is 3.71. The summed E-state index contributed by atoms with van der Waals surface area (Å²) in [6, 6.07) is 12.7. The topological polar surface area (TPSA) is 82.8 Å². The van der Waals surface area contributed by atoms with E-state index in [0.717, 1.165) is 18.4 Å². The molecule has 2 aliphatic rings. The fraction of sp³-hybridized carbons (Fsp3) is 0.333. The molecule has 0 bridgehead atoms. The summed E-state index contributed by atoms with van der Waals surface area (Å²) in [4.78, 5) is 14.5. The van der Waals surface area contributed by atoms with Gasteiger partial charge in [-0.2, -0.15) is 5.26 Å². The highest BCUT2D eigenvalue weighted by molar-refractivity contribution is 6.10. The second-order valence-electron chi connectivity index (χ2n) is 6.92. The minimum absolute atomic E-state index is 0.0613. The van der Waals surface area contributed by atoms with Crippen LogP contribution >= 0.6 is 0 Å². The lowest BCUT2D eigenvalue weighted by Gasteiger charge is -2.20. The van der Waals surface area contributed by atoms with Crippen molar-refractivity contribution in [3.63, 3.8) is 0 Å². The van der Waals surface area contributed by atoms with Gasteiger partial charge in [-0.25, -0.2) is 0 Å². The first-order valence-electron chi connectivity index (χ1n) is 8.96. The number of fused-ring (bicyclic) bond motifs is 1. The second-order valence-corrected chi connectivity index (χ2v) is 6.92. The molecule has 1 aliphatic heterocycles. The maximum absolute atomic E-state index is 12.8. The Morgan fingerprint density at radius 3 is 2.74 bits per heavy atom. The number of anilines is 1. The molecule has 2 atom stereocenters. The summed E-state index contributed by atoms with van der Waals surface area (Å²) in [5.74, 6) is 1.03. The number of methoxy groups -OCH3 is 1. The van der Waals surface area contributed by atoms with Crippen molar-refractivity contribution in [1.82, 2.24) is 0 Å². The highest BCUT2D eigenvalue weighted by Crippen LogP contribution is 2.37. The zero-order chi connectivity index (χ0) is 19.0. The highest BCUT2D eigenvalue weighted by Gasteiger charge is 2.30. The predicted octanol–water partition coefficient (Wildman–Crippen LogP) is 3.02. The number of aliphatic hydroxyl groups excluding tert-OH is 1. The van der Waals surface area contributed by atoms with Gasteiger partial charge in [0, 0.05) is 23.7 Å². The Balaban J connectivity index is 1.62. The van der Waals surface area contributed by atoms with Gasteiger partial charge in [0.2, 0.25) is 0 Å². The van der Waals surface area contributed by atoms with Gasteiger partial charge in [0.15, 0.2) is 11.5 Å². The number of carbonyl (C=O) groups excluding carboxylic acids is 1. The van der Waals surface area contributed by atoms with Crippen molar-refractivity contribution in [1.29, 1.82) is 5.26 Å². The zero-order valence-corrected chi connectivity index (χ0v) is 15.0. The van der Waals surface area contributed by atoms with Crippen molar-refractivity contribution in [2.75, 3.05) is 12.0 Å². The van der Waals surface area contributed by atoms with E-state index in [2.05, 4.69) is 6.07 Å². The summed E-state index contributed by atoms with van der Waals surface area (Å²) in [7, 11) is 1.58. The Morgan fingerprint density at radius 2 is 2.04 bits per heavy atom. The molecule has 0 radical (unpaired) electrons. The highest BCUT2D eigenvalue weighted by atomic mass is 16.5. The van der Waals surface area contributed by atoms with Crippen LogP contribution in [-0.2, 0) is 6.54 Å².